The molecule has 1 aliphatic rings. The van der Waals surface area contributed by atoms with Crippen molar-refractivity contribution in [3.05, 3.63) is 72.4 Å². The second-order valence-corrected chi connectivity index (χ2v) is 8.90. The van der Waals surface area contributed by atoms with Gasteiger partial charge in [0.25, 0.3) is 5.91 Å². The molecule has 3 N–H and O–H groups in total. The number of nitrogens with one attached hydrogen (secondary N) is 3. The summed E-state index contributed by atoms with van der Waals surface area (Å²) >= 11 is 0. The molecule has 1 fully saturated rings. The highest BCUT2D eigenvalue weighted by Gasteiger charge is 2.29. The zero-order valence-corrected chi connectivity index (χ0v) is 19.7. The predicted molar refractivity (Wildman–Crippen MR) is 136 cm³/mol. The molecule has 3 aromatic rings. The minimum absolute atomic E-state index is 0.0157. The second kappa shape index (κ2) is 10.9. The van der Waals surface area contributed by atoms with Crippen LogP contribution in [0.15, 0.2) is 66.9 Å². The van der Waals surface area contributed by atoms with Crippen molar-refractivity contribution >= 4 is 29.0 Å². The molecule has 2 amide bonds. The van der Waals surface area contributed by atoms with Crippen molar-refractivity contribution in [3.63, 3.8) is 0 Å². The lowest BCUT2D eigenvalue weighted by Crippen LogP contribution is -2.27. The van der Waals surface area contributed by atoms with Gasteiger partial charge in [0, 0.05) is 35.6 Å². The number of pyridine rings is 1. The van der Waals surface area contributed by atoms with Gasteiger partial charge in [-0.1, -0.05) is 18.2 Å². The molecule has 1 aromatic heterocycles. The third-order valence-electron chi connectivity index (χ3n) is 5.62. The molecule has 0 unspecified atom stereocenters. The molecule has 0 radical (unpaired) electrons. The normalized spacial score (nSPS) is 12.9. The summed E-state index contributed by atoms with van der Waals surface area (Å²) in [6.07, 6.45) is 4.43. The third kappa shape index (κ3) is 6.65. The van der Waals surface area contributed by atoms with E-state index in [1.807, 2.05) is 74.8 Å². The molecule has 34 heavy (non-hydrogen) atoms. The maximum atomic E-state index is 13.0. The van der Waals surface area contributed by atoms with E-state index in [4.69, 9.17) is 0 Å². The number of anilines is 3. The fourth-order valence-electron chi connectivity index (χ4n) is 3.64. The SMILES string of the molecule is CN(C)CCCNC(=O)c1cc(Nc2ccccc2)cc(-c2ccnc(NC(=O)C3CC3)c2)c1. The third-order valence-corrected chi connectivity index (χ3v) is 5.62. The van der Waals surface area contributed by atoms with Crippen LogP contribution >= 0.6 is 0 Å². The summed E-state index contributed by atoms with van der Waals surface area (Å²) in [5.41, 5.74) is 4.05. The lowest BCUT2D eigenvalue weighted by Gasteiger charge is -2.14. The van der Waals surface area contributed by atoms with Crippen LogP contribution in [0.25, 0.3) is 11.1 Å². The first-order chi connectivity index (χ1) is 16.5. The first-order valence-corrected chi connectivity index (χ1v) is 11.7. The molecule has 4 rings (SSSR count). The van der Waals surface area contributed by atoms with Crippen LogP contribution in [-0.2, 0) is 4.79 Å². The zero-order valence-electron chi connectivity index (χ0n) is 19.7. The molecule has 176 valence electrons. The average molecular weight is 458 g/mol. The highest BCUT2D eigenvalue weighted by atomic mass is 16.2. The predicted octanol–water partition coefficient (Wildman–Crippen LogP) is 4.52. The van der Waals surface area contributed by atoms with Crippen LogP contribution in [0.1, 0.15) is 29.6 Å². The fraction of sp³-hybridized carbons (Fsp3) is 0.296. The van der Waals surface area contributed by atoms with Crippen LogP contribution in [0.5, 0.6) is 0 Å². The smallest absolute Gasteiger partial charge is 0.251 e. The molecule has 0 saturated heterocycles. The Kier molecular flexibility index (Phi) is 7.54. The van der Waals surface area contributed by atoms with Gasteiger partial charge in [-0.3, -0.25) is 9.59 Å². The number of carbonyl (C=O) groups excluding carboxylic acids is 2. The van der Waals surface area contributed by atoms with Crippen LogP contribution in [0.2, 0.25) is 0 Å². The number of para-hydroxylation sites is 1. The molecule has 0 atom stereocenters. The molecule has 7 nitrogen and oxygen atoms in total. The lowest BCUT2D eigenvalue weighted by atomic mass is 10.0. The minimum atomic E-state index is -0.118. The summed E-state index contributed by atoms with van der Waals surface area (Å²) in [4.78, 5) is 31.5. The van der Waals surface area contributed by atoms with Crippen LogP contribution in [0.3, 0.4) is 0 Å². The van der Waals surface area contributed by atoms with Gasteiger partial charge in [-0.25, -0.2) is 4.98 Å². The van der Waals surface area contributed by atoms with E-state index in [2.05, 4.69) is 25.8 Å². The molecule has 1 aliphatic carbocycles. The topological polar surface area (TPSA) is 86.4 Å². The van der Waals surface area contributed by atoms with Gasteiger partial charge < -0.3 is 20.9 Å². The molecule has 0 spiro atoms. The van der Waals surface area contributed by atoms with Gasteiger partial charge in [0.1, 0.15) is 5.82 Å². The number of hydrogen-bond acceptors (Lipinski definition) is 5. The van der Waals surface area contributed by atoms with Crippen molar-refractivity contribution in [1.29, 1.82) is 0 Å². The average Bonchev–Trinajstić information content (AvgIpc) is 3.68. The number of nitrogens with zero attached hydrogens (tertiary/aromatic N) is 2. The number of rotatable bonds is 10. The highest BCUT2D eigenvalue weighted by molar-refractivity contribution is 5.97. The van der Waals surface area contributed by atoms with Crippen molar-refractivity contribution < 1.29 is 9.59 Å². The first kappa shape index (κ1) is 23.4. The summed E-state index contributed by atoms with van der Waals surface area (Å²) in [5.74, 6) is 0.520. The van der Waals surface area contributed by atoms with Crippen LogP contribution in [-0.4, -0.2) is 48.9 Å². The second-order valence-electron chi connectivity index (χ2n) is 8.90. The molecule has 0 aliphatic heterocycles. The van der Waals surface area contributed by atoms with Gasteiger partial charge in [-0.2, -0.15) is 0 Å². The zero-order chi connectivity index (χ0) is 23.9. The van der Waals surface area contributed by atoms with Gasteiger partial charge in [-0.15, -0.1) is 0 Å². The van der Waals surface area contributed by atoms with Crippen LogP contribution in [0.4, 0.5) is 17.2 Å². The number of hydrogen-bond donors (Lipinski definition) is 3. The monoisotopic (exact) mass is 457 g/mol. The van der Waals surface area contributed by atoms with Crippen LogP contribution < -0.4 is 16.0 Å². The Hall–Kier alpha value is -3.71. The molecule has 1 heterocycles. The Morgan fingerprint density at radius 3 is 2.50 bits per heavy atom. The van der Waals surface area contributed by atoms with Crippen molar-refractivity contribution in [2.75, 3.05) is 37.8 Å². The Morgan fingerprint density at radius 1 is 0.971 bits per heavy atom. The summed E-state index contributed by atoms with van der Waals surface area (Å²) < 4.78 is 0. The molecule has 0 bridgehead atoms. The Balaban J connectivity index is 1.59. The Labute approximate surface area is 200 Å². The minimum Gasteiger partial charge on any atom is -0.355 e. The maximum Gasteiger partial charge on any atom is 0.251 e. The number of amides is 2. The van der Waals surface area contributed by atoms with E-state index in [9.17, 15) is 9.59 Å². The quantitative estimate of drug-likeness (QED) is 0.390. The van der Waals surface area contributed by atoms with E-state index in [1.54, 1.807) is 6.20 Å². The van der Waals surface area contributed by atoms with E-state index in [0.717, 1.165) is 48.3 Å². The standard InChI is InChI=1S/C27H31N5O2/c1-32(2)14-6-12-29-26(33)22-15-21(16-24(17-22)30-23-7-4-3-5-8-23)20-11-13-28-25(18-20)31-27(34)19-9-10-19/h3-5,7-8,11,13,15-19,30H,6,9-10,12,14H2,1-2H3,(H,29,33)(H,28,31,34). The van der Waals surface area contributed by atoms with Crippen molar-refractivity contribution in [1.82, 2.24) is 15.2 Å². The Morgan fingerprint density at radius 2 is 1.76 bits per heavy atom. The largest absolute Gasteiger partial charge is 0.355 e. The molecule has 1 saturated carbocycles. The van der Waals surface area contributed by atoms with E-state index in [1.165, 1.54) is 0 Å². The highest BCUT2D eigenvalue weighted by Crippen LogP contribution is 2.31. The van der Waals surface area contributed by atoms with E-state index >= 15 is 0 Å². The van der Waals surface area contributed by atoms with Gasteiger partial charge >= 0.3 is 0 Å². The van der Waals surface area contributed by atoms with E-state index in [-0.39, 0.29) is 17.7 Å². The molecule has 2 aromatic carbocycles. The fourth-order valence-corrected chi connectivity index (χ4v) is 3.64. The number of carbonyl (C=O) groups is 2. The van der Waals surface area contributed by atoms with E-state index < -0.39 is 0 Å². The van der Waals surface area contributed by atoms with Gasteiger partial charge in [0.15, 0.2) is 0 Å². The summed E-state index contributed by atoms with van der Waals surface area (Å²) in [6, 6.07) is 19.3. The van der Waals surface area contributed by atoms with Crippen molar-refractivity contribution in [2.24, 2.45) is 5.92 Å². The van der Waals surface area contributed by atoms with Crippen LogP contribution in [0, 0.1) is 5.92 Å². The maximum absolute atomic E-state index is 13.0. The molecular formula is C27H31N5O2. The van der Waals surface area contributed by atoms with E-state index in [0.29, 0.717) is 17.9 Å². The lowest BCUT2D eigenvalue weighted by molar-refractivity contribution is -0.117. The summed E-state index contributed by atoms with van der Waals surface area (Å²) in [6.45, 7) is 1.52. The summed E-state index contributed by atoms with van der Waals surface area (Å²) in [7, 11) is 4.03. The van der Waals surface area contributed by atoms with Gasteiger partial charge in [-0.05, 0) is 93.5 Å². The Bertz CT molecular complexity index is 1140. The number of aromatic nitrogens is 1. The number of benzene rings is 2. The van der Waals surface area contributed by atoms with Gasteiger partial charge in [0.05, 0.1) is 0 Å². The van der Waals surface area contributed by atoms with Gasteiger partial charge in [0.2, 0.25) is 5.91 Å². The summed E-state index contributed by atoms with van der Waals surface area (Å²) in [5, 5.41) is 9.31. The first-order valence-electron chi connectivity index (χ1n) is 11.7. The van der Waals surface area contributed by atoms with Crippen molar-refractivity contribution in [3.8, 4) is 11.1 Å². The molecule has 7 heteroatoms. The molecular weight excluding hydrogens is 426 g/mol. The van der Waals surface area contributed by atoms with Crippen molar-refractivity contribution in [2.45, 2.75) is 19.3 Å².